The zero-order valence-corrected chi connectivity index (χ0v) is 14.7. The number of nitrogens with two attached hydrogens (primary N) is 2. The van der Waals surface area contributed by atoms with Crippen LogP contribution in [0.5, 0.6) is 0 Å². The number of nitrogens with zero attached hydrogens (tertiary/aromatic N) is 1. The quantitative estimate of drug-likeness (QED) is 0.655. The van der Waals surface area contributed by atoms with E-state index in [0.717, 1.165) is 9.87 Å². The second kappa shape index (κ2) is 5.81. The summed E-state index contributed by atoms with van der Waals surface area (Å²) in [5.41, 5.74) is 12.3. The maximum atomic E-state index is 12.8. The van der Waals surface area contributed by atoms with Gasteiger partial charge in [0.2, 0.25) is 0 Å². The molecule has 0 saturated carbocycles. The van der Waals surface area contributed by atoms with Gasteiger partial charge in [-0.05, 0) is 49.2 Å². The first-order valence-corrected chi connectivity index (χ1v) is 8.47. The summed E-state index contributed by atoms with van der Waals surface area (Å²) >= 11 is 4.87. The molecular formula is C14H23N3O2S2. The zero-order chi connectivity index (χ0) is 16.6. The molecule has 1 aromatic carbocycles. The zero-order valence-electron chi connectivity index (χ0n) is 13.0. The molecule has 118 valence electrons. The highest BCUT2D eigenvalue weighted by Gasteiger charge is 2.31. The highest BCUT2D eigenvalue weighted by Crippen LogP contribution is 2.30. The molecule has 1 aromatic rings. The van der Waals surface area contributed by atoms with Gasteiger partial charge in [0.05, 0.1) is 5.69 Å². The van der Waals surface area contributed by atoms with Crippen molar-refractivity contribution in [2.24, 2.45) is 5.73 Å². The molecule has 0 saturated heterocycles. The minimum atomic E-state index is -3.87. The van der Waals surface area contributed by atoms with Gasteiger partial charge in [0.25, 0.3) is 10.0 Å². The lowest BCUT2D eigenvalue weighted by Gasteiger charge is -2.28. The van der Waals surface area contributed by atoms with Crippen LogP contribution >= 0.6 is 12.2 Å². The molecule has 0 spiro atoms. The second-order valence-electron chi connectivity index (χ2n) is 6.24. The molecule has 21 heavy (non-hydrogen) atoms. The summed E-state index contributed by atoms with van der Waals surface area (Å²) in [6.45, 7) is 9.43. The number of benzene rings is 1. The molecule has 0 aliphatic heterocycles. The second-order valence-corrected chi connectivity index (χ2v) is 8.44. The van der Waals surface area contributed by atoms with Crippen LogP contribution in [0.1, 0.15) is 40.2 Å². The van der Waals surface area contributed by atoms with Crippen LogP contribution in [0.4, 0.5) is 5.69 Å². The summed E-state index contributed by atoms with van der Waals surface area (Å²) in [4.78, 5) is 0.0384. The van der Waals surface area contributed by atoms with Gasteiger partial charge in [-0.25, -0.2) is 12.7 Å². The lowest BCUT2D eigenvalue weighted by molar-refractivity contribution is 0.473. The standard InChI is InChI=1S/C14H23N3O2S2/c1-9(2)17(13(16)20)21(18,19)12-8-10(14(3,4)5)6-7-11(12)15/h6-9H,15H2,1-5H3,(H2,16,20). The van der Waals surface area contributed by atoms with Gasteiger partial charge >= 0.3 is 0 Å². The predicted octanol–water partition coefficient (Wildman–Crippen LogP) is 2.21. The van der Waals surface area contributed by atoms with E-state index in [1.54, 1.807) is 26.0 Å². The van der Waals surface area contributed by atoms with E-state index in [4.69, 9.17) is 23.7 Å². The van der Waals surface area contributed by atoms with E-state index in [-0.39, 0.29) is 27.2 Å². The number of nitrogen functional groups attached to an aromatic ring is 1. The topological polar surface area (TPSA) is 89.4 Å². The van der Waals surface area contributed by atoms with Crippen LogP contribution in [0.15, 0.2) is 23.1 Å². The molecule has 1 rings (SSSR count). The smallest absolute Gasteiger partial charge is 0.268 e. The van der Waals surface area contributed by atoms with Crippen molar-refractivity contribution in [2.75, 3.05) is 5.73 Å². The number of sulfonamides is 1. The Balaban J connectivity index is 3.54. The van der Waals surface area contributed by atoms with Crippen LogP contribution in [0, 0.1) is 0 Å². The molecule has 4 N–H and O–H groups in total. The average Bonchev–Trinajstić information content (AvgIpc) is 2.25. The number of hydrogen-bond acceptors (Lipinski definition) is 4. The van der Waals surface area contributed by atoms with Crippen LogP contribution in [0.3, 0.4) is 0 Å². The van der Waals surface area contributed by atoms with E-state index in [2.05, 4.69) is 0 Å². The largest absolute Gasteiger partial charge is 0.398 e. The third kappa shape index (κ3) is 3.65. The van der Waals surface area contributed by atoms with Crippen LogP contribution in [-0.2, 0) is 15.4 Å². The summed E-state index contributed by atoms with van der Waals surface area (Å²) < 4.78 is 26.6. The number of rotatable bonds is 3. The third-order valence-corrected chi connectivity index (χ3v) is 5.46. The van der Waals surface area contributed by atoms with E-state index in [9.17, 15) is 8.42 Å². The maximum absolute atomic E-state index is 12.8. The van der Waals surface area contributed by atoms with Crippen LogP contribution in [0.25, 0.3) is 0 Å². The molecular weight excluding hydrogens is 306 g/mol. The van der Waals surface area contributed by atoms with Crippen LogP contribution in [-0.4, -0.2) is 23.9 Å². The number of hydrogen-bond donors (Lipinski definition) is 2. The summed E-state index contributed by atoms with van der Waals surface area (Å²) in [6.07, 6.45) is 0. The fourth-order valence-electron chi connectivity index (χ4n) is 1.98. The van der Waals surface area contributed by atoms with Crippen molar-refractivity contribution < 1.29 is 8.42 Å². The number of anilines is 1. The minimum Gasteiger partial charge on any atom is -0.398 e. The Labute approximate surface area is 132 Å². The first kappa shape index (κ1) is 17.7. The highest BCUT2D eigenvalue weighted by atomic mass is 32.2. The van der Waals surface area contributed by atoms with E-state index in [0.29, 0.717) is 0 Å². The van der Waals surface area contributed by atoms with E-state index >= 15 is 0 Å². The van der Waals surface area contributed by atoms with Gasteiger partial charge in [-0.15, -0.1) is 0 Å². The van der Waals surface area contributed by atoms with Crippen molar-refractivity contribution in [3.8, 4) is 0 Å². The normalized spacial score (nSPS) is 12.5. The van der Waals surface area contributed by atoms with Gasteiger partial charge in [-0.1, -0.05) is 26.8 Å². The molecule has 0 unspecified atom stereocenters. The fourth-order valence-corrected chi connectivity index (χ4v) is 4.13. The lowest BCUT2D eigenvalue weighted by Crippen LogP contribution is -2.45. The Hall–Kier alpha value is -1.34. The lowest BCUT2D eigenvalue weighted by atomic mass is 9.87. The van der Waals surface area contributed by atoms with Crippen molar-refractivity contribution >= 4 is 33.0 Å². The van der Waals surface area contributed by atoms with Gasteiger partial charge in [-0.2, -0.15) is 0 Å². The van der Waals surface area contributed by atoms with E-state index in [1.165, 1.54) is 0 Å². The highest BCUT2D eigenvalue weighted by molar-refractivity contribution is 7.91. The van der Waals surface area contributed by atoms with Crippen molar-refractivity contribution in [1.82, 2.24) is 4.31 Å². The third-order valence-electron chi connectivity index (χ3n) is 3.10. The Morgan fingerprint density at radius 2 is 1.81 bits per heavy atom. The first-order chi connectivity index (χ1) is 9.39. The summed E-state index contributed by atoms with van der Waals surface area (Å²) in [5.74, 6) is 0. The SMILES string of the molecule is CC(C)N(C(N)=S)S(=O)(=O)c1cc(C(C)(C)C)ccc1N. The molecule has 0 bridgehead atoms. The molecule has 0 aromatic heterocycles. The van der Waals surface area contributed by atoms with Crippen molar-refractivity contribution in [2.45, 2.75) is 51.0 Å². The van der Waals surface area contributed by atoms with Gasteiger partial charge in [0, 0.05) is 6.04 Å². The molecule has 5 nitrogen and oxygen atoms in total. The van der Waals surface area contributed by atoms with Gasteiger partial charge < -0.3 is 11.5 Å². The Morgan fingerprint density at radius 1 is 1.29 bits per heavy atom. The average molecular weight is 329 g/mol. The molecule has 7 heteroatoms. The molecule has 0 fully saturated rings. The minimum absolute atomic E-state index is 0.0384. The van der Waals surface area contributed by atoms with Crippen molar-refractivity contribution in [3.05, 3.63) is 23.8 Å². The summed E-state index contributed by atoms with van der Waals surface area (Å²) in [7, 11) is -3.87. The van der Waals surface area contributed by atoms with Crippen LogP contribution < -0.4 is 11.5 Å². The molecule has 0 aliphatic carbocycles. The van der Waals surface area contributed by atoms with Crippen molar-refractivity contribution in [1.29, 1.82) is 0 Å². The predicted molar refractivity (Wildman–Crippen MR) is 90.5 cm³/mol. The molecule has 0 atom stereocenters. The van der Waals surface area contributed by atoms with Gasteiger partial charge in [0.1, 0.15) is 4.90 Å². The number of thiocarbonyl (C=S) groups is 1. The molecule has 0 heterocycles. The van der Waals surface area contributed by atoms with Crippen LogP contribution in [0.2, 0.25) is 0 Å². The molecule has 0 amide bonds. The van der Waals surface area contributed by atoms with E-state index < -0.39 is 10.0 Å². The van der Waals surface area contributed by atoms with Crippen molar-refractivity contribution in [3.63, 3.8) is 0 Å². The molecule has 0 aliphatic rings. The molecule has 0 radical (unpaired) electrons. The monoisotopic (exact) mass is 329 g/mol. The van der Waals surface area contributed by atoms with Gasteiger partial charge in [-0.3, -0.25) is 0 Å². The van der Waals surface area contributed by atoms with Gasteiger partial charge in [0.15, 0.2) is 5.11 Å². The first-order valence-electron chi connectivity index (χ1n) is 6.63. The Kier molecular flexibility index (Phi) is 4.90. The maximum Gasteiger partial charge on any atom is 0.268 e. The summed E-state index contributed by atoms with van der Waals surface area (Å²) in [5, 5.41) is -0.189. The Bertz CT molecular complexity index is 647. The van der Waals surface area contributed by atoms with E-state index in [1.807, 2.05) is 26.8 Å². The fraction of sp³-hybridized carbons (Fsp3) is 0.500. The Morgan fingerprint density at radius 3 is 2.19 bits per heavy atom. The summed E-state index contributed by atoms with van der Waals surface area (Å²) in [6, 6.07) is 4.64.